The van der Waals surface area contributed by atoms with Crippen LogP contribution >= 0.6 is 23.4 Å². The molecule has 0 fully saturated rings. The molecule has 1 N–H and O–H groups in total. The van der Waals surface area contributed by atoms with E-state index in [-0.39, 0.29) is 0 Å². The van der Waals surface area contributed by atoms with E-state index in [2.05, 4.69) is 15.2 Å². The van der Waals surface area contributed by atoms with Gasteiger partial charge < -0.3 is 8.98 Å². The molecule has 124 valence electrons. The third kappa shape index (κ3) is 4.36. The second-order valence-corrected chi connectivity index (χ2v) is 6.29. The van der Waals surface area contributed by atoms with Crippen LogP contribution in [0.1, 0.15) is 11.5 Å². The van der Waals surface area contributed by atoms with Crippen LogP contribution in [0.4, 0.5) is 0 Å². The molecule has 2 heterocycles. The van der Waals surface area contributed by atoms with E-state index in [0.717, 1.165) is 5.56 Å². The first kappa shape index (κ1) is 16.5. The van der Waals surface area contributed by atoms with E-state index in [9.17, 15) is 9.59 Å². The number of thioether (sulfide) groups is 1. The van der Waals surface area contributed by atoms with Crippen molar-refractivity contribution in [3.63, 3.8) is 0 Å². The van der Waals surface area contributed by atoms with Gasteiger partial charge in [-0.25, -0.2) is 4.79 Å². The van der Waals surface area contributed by atoms with Crippen molar-refractivity contribution in [2.75, 3.05) is 0 Å². The number of benzene rings is 1. The summed E-state index contributed by atoms with van der Waals surface area (Å²) in [5.74, 6) is 1.13. The molecule has 7 nitrogen and oxygen atoms in total. The molecule has 3 aromatic rings. The SMILES string of the molecule is O=c1ccn(CCc2nnc(SCc3ccc(Cl)cc3)o2)c(=O)[nH]1. The van der Waals surface area contributed by atoms with Gasteiger partial charge in [-0.3, -0.25) is 9.78 Å². The van der Waals surface area contributed by atoms with E-state index in [1.165, 1.54) is 28.6 Å². The van der Waals surface area contributed by atoms with Crippen molar-refractivity contribution in [2.45, 2.75) is 23.9 Å². The summed E-state index contributed by atoms with van der Waals surface area (Å²) in [5, 5.41) is 9.09. The summed E-state index contributed by atoms with van der Waals surface area (Å²) in [6, 6.07) is 8.84. The van der Waals surface area contributed by atoms with Crippen molar-refractivity contribution in [3.8, 4) is 0 Å². The number of halogens is 1. The number of aromatic nitrogens is 4. The molecule has 0 spiro atoms. The average molecular weight is 365 g/mol. The van der Waals surface area contributed by atoms with Crippen molar-refractivity contribution in [1.82, 2.24) is 19.7 Å². The van der Waals surface area contributed by atoms with Crippen LogP contribution in [-0.4, -0.2) is 19.7 Å². The minimum absolute atomic E-state index is 0.346. The highest BCUT2D eigenvalue weighted by molar-refractivity contribution is 7.98. The maximum absolute atomic E-state index is 11.6. The third-order valence-corrected chi connectivity index (χ3v) is 4.33. The van der Waals surface area contributed by atoms with Gasteiger partial charge in [0.25, 0.3) is 10.8 Å². The van der Waals surface area contributed by atoms with Crippen molar-refractivity contribution in [2.24, 2.45) is 0 Å². The molecule has 0 unspecified atom stereocenters. The minimum Gasteiger partial charge on any atom is -0.416 e. The summed E-state index contributed by atoms with van der Waals surface area (Å²) in [5.41, 5.74) is 0.221. The zero-order valence-electron chi connectivity index (χ0n) is 12.4. The number of hydrogen-bond acceptors (Lipinski definition) is 6. The lowest BCUT2D eigenvalue weighted by Gasteiger charge is -2.01. The Morgan fingerprint density at radius 1 is 1.17 bits per heavy atom. The lowest BCUT2D eigenvalue weighted by molar-refractivity contribution is 0.403. The molecule has 0 aliphatic rings. The van der Waals surface area contributed by atoms with Crippen molar-refractivity contribution >= 4 is 23.4 Å². The van der Waals surface area contributed by atoms with E-state index >= 15 is 0 Å². The van der Waals surface area contributed by atoms with Gasteiger partial charge in [-0.2, -0.15) is 0 Å². The summed E-state index contributed by atoms with van der Waals surface area (Å²) in [4.78, 5) is 24.8. The molecule has 24 heavy (non-hydrogen) atoms. The molecule has 0 radical (unpaired) electrons. The van der Waals surface area contributed by atoms with Crippen molar-refractivity contribution in [1.29, 1.82) is 0 Å². The first-order valence-corrected chi connectivity index (χ1v) is 8.46. The molecule has 0 saturated heterocycles. The molecule has 3 rings (SSSR count). The number of nitrogens with one attached hydrogen (secondary N) is 1. The Morgan fingerprint density at radius 2 is 1.96 bits per heavy atom. The predicted molar refractivity (Wildman–Crippen MR) is 90.3 cm³/mol. The van der Waals surface area contributed by atoms with E-state index in [1.54, 1.807) is 0 Å². The molecule has 0 bridgehead atoms. The molecule has 0 atom stereocenters. The Morgan fingerprint density at radius 3 is 2.71 bits per heavy atom. The van der Waals surface area contributed by atoms with Gasteiger partial charge >= 0.3 is 5.69 Å². The van der Waals surface area contributed by atoms with Gasteiger partial charge in [0, 0.05) is 36.0 Å². The Bertz CT molecular complexity index is 933. The number of aromatic amines is 1. The lowest BCUT2D eigenvalue weighted by atomic mass is 10.2. The van der Waals surface area contributed by atoms with Gasteiger partial charge in [-0.1, -0.05) is 35.5 Å². The van der Waals surface area contributed by atoms with E-state index in [0.29, 0.717) is 34.9 Å². The van der Waals surface area contributed by atoms with Gasteiger partial charge in [0.1, 0.15) is 0 Å². The monoisotopic (exact) mass is 364 g/mol. The van der Waals surface area contributed by atoms with Crippen LogP contribution < -0.4 is 11.2 Å². The first-order chi connectivity index (χ1) is 11.6. The van der Waals surface area contributed by atoms with Gasteiger partial charge in [0.15, 0.2) is 0 Å². The minimum atomic E-state index is -0.459. The summed E-state index contributed by atoms with van der Waals surface area (Å²) in [6.45, 7) is 0.346. The van der Waals surface area contributed by atoms with Crippen molar-refractivity contribution < 1.29 is 4.42 Å². The Labute approximate surface area is 145 Å². The normalized spacial score (nSPS) is 10.9. The number of H-pyrrole nitrogens is 1. The predicted octanol–water partition coefficient (Wildman–Crippen LogP) is 2.11. The highest BCUT2D eigenvalue weighted by atomic mass is 35.5. The number of nitrogens with zero attached hydrogens (tertiary/aromatic N) is 3. The summed E-state index contributed by atoms with van der Waals surface area (Å²) < 4.78 is 6.92. The van der Waals surface area contributed by atoms with Crippen LogP contribution in [-0.2, 0) is 18.7 Å². The van der Waals surface area contributed by atoms with Gasteiger partial charge in [-0.15, -0.1) is 10.2 Å². The number of aryl methyl sites for hydroxylation is 2. The molecule has 0 amide bonds. The first-order valence-electron chi connectivity index (χ1n) is 7.09. The topological polar surface area (TPSA) is 93.8 Å². The van der Waals surface area contributed by atoms with Crippen LogP contribution in [0.25, 0.3) is 0 Å². The van der Waals surface area contributed by atoms with Crippen LogP contribution in [0.15, 0.2) is 55.8 Å². The highest BCUT2D eigenvalue weighted by Gasteiger charge is 2.08. The van der Waals surface area contributed by atoms with Crippen LogP contribution in [0.2, 0.25) is 5.02 Å². The Hall–Kier alpha value is -2.32. The molecule has 1 aromatic carbocycles. The lowest BCUT2D eigenvalue weighted by Crippen LogP contribution is -2.29. The van der Waals surface area contributed by atoms with E-state index < -0.39 is 11.2 Å². The van der Waals surface area contributed by atoms with E-state index in [1.807, 2.05) is 24.3 Å². The zero-order chi connectivity index (χ0) is 16.9. The Kier molecular flexibility index (Phi) is 5.17. The van der Waals surface area contributed by atoms with Gasteiger partial charge in [0.2, 0.25) is 5.89 Å². The van der Waals surface area contributed by atoms with Crippen LogP contribution in [0, 0.1) is 0 Å². The number of rotatable bonds is 6. The van der Waals surface area contributed by atoms with Crippen molar-refractivity contribution in [3.05, 3.63) is 73.8 Å². The third-order valence-electron chi connectivity index (χ3n) is 3.19. The largest absolute Gasteiger partial charge is 0.416 e. The molecule has 9 heteroatoms. The molecular formula is C15H13ClN4O3S. The molecule has 0 aliphatic heterocycles. The molecule has 0 aliphatic carbocycles. The molecule has 2 aromatic heterocycles. The maximum atomic E-state index is 11.6. The van der Waals surface area contributed by atoms with E-state index in [4.69, 9.17) is 16.0 Å². The van der Waals surface area contributed by atoms with Gasteiger partial charge in [0.05, 0.1) is 0 Å². The zero-order valence-corrected chi connectivity index (χ0v) is 14.0. The van der Waals surface area contributed by atoms with Crippen LogP contribution in [0.5, 0.6) is 0 Å². The fourth-order valence-corrected chi connectivity index (χ4v) is 2.82. The summed E-state index contributed by atoms with van der Waals surface area (Å²) >= 11 is 7.27. The second kappa shape index (κ2) is 7.50. The smallest absolute Gasteiger partial charge is 0.328 e. The number of hydrogen-bond donors (Lipinski definition) is 1. The second-order valence-electron chi connectivity index (χ2n) is 4.93. The quantitative estimate of drug-likeness (QED) is 0.673. The standard InChI is InChI=1S/C15H13ClN4O3S/c16-11-3-1-10(2-4-11)9-24-15-19-18-13(23-15)6-8-20-7-5-12(21)17-14(20)22/h1-5,7H,6,8-9H2,(H,17,21,22). The van der Waals surface area contributed by atoms with Gasteiger partial charge in [-0.05, 0) is 17.7 Å². The Balaban J connectivity index is 1.56. The van der Waals surface area contributed by atoms with Crippen LogP contribution in [0.3, 0.4) is 0 Å². The maximum Gasteiger partial charge on any atom is 0.328 e. The highest BCUT2D eigenvalue weighted by Crippen LogP contribution is 2.22. The molecular weight excluding hydrogens is 352 g/mol. The fraction of sp³-hybridized carbons (Fsp3) is 0.200. The summed E-state index contributed by atoms with van der Waals surface area (Å²) in [6.07, 6.45) is 1.84. The molecule has 0 saturated carbocycles. The summed E-state index contributed by atoms with van der Waals surface area (Å²) in [7, 11) is 0. The fourth-order valence-electron chi connectivity index (χ4n) is 1.96. The average Bonchev–Trinajstić information content (AvgIpc) is 3.01.